The van der Waals surface area contributed by atoms with Crippen LogP contribution in [0.5, 0.6) is 0 Å². The molecule has 0 saturated carbocycles. The minimum absolute atomic E-state index is 0.176. The summed E-state index contributed by atoms with van der Waals surface area (Å²) in [5.41, 5.74) is 1.70. The van der Waals surface area contributed by atoms with Crippen LogP contribution in [-0.4, -0.2) is 45.6 Å². The molecule has 0 unspecified atom stereocenters. The molecular formula is C18H24FN3O2. The number of nitrogens with zero attached hydrogens (tertiary/aromatic N) is 3. The molecule has 5 nitrogen and oxygen atoms in total. The Morgan fingerprint density at radius 3 is 3.00 bits per heavy atom. The molecule has 2 heterocycles. The van der Waals surface area contributed by atoms with Crippen molar-refractivity contribution in [1.82, 2.24) is 14.7 Å². The van der Waals surface area contributed by atoms with Crippen molar-refractivity contribution < 1.29 is 14.2 Å². The van der Waals surface area contributed by atoms with Crippen LogP contribution < -0.4 is 0 Å². The first-order valence-corrected chi connectivity index (χ1v) is 8.35. The van der Waals surface area contributed by atoms with E-state index in [0.717, 1.165) is 19.4 Å². The molecule has 3 rings (SSSR count). The molecule has 2 aromatic rings. The van der Waals surface area contributed by atoms with Gasteiger partial charge in [0, 0.05) is 37.0 Å². The van der Waals surface area contributed by atoms with Gasteiger partial charge in [0.15, 0.2) is 0 Å². The molecule has 1 aliphatic rings. The van der Waals surface area contributed by atoms with Crippen molar-refractivity contribution in [3.05, 3.63) is 53.6 Å². The number of hydrogen-bond acceptors (Lipinski definition) is 4. The number of aryl methyl sites for hydroxylation is 1. The number of likely N-dealkylation sites (tertiary alicyclic amines) is 1. The smallest absolute Gasteiger partial charge is 0.128 e. The van der Waals surface area contributed by atoms with E-state index in [1.165, 1.54) is 11.6 Å². The third-order valence-corrected chi connectivity index (χ3v) is 4.44. The van der Waals surface area contributed by atoms with Gasteiger partial charge in [-0.25, -0.2) is 4.39 Å². The lowest BCUT2D eigenvalue weighted by Crippen LogP contribution is -2.34. The number of rotatable bonds is 7. The highest BCUT2D eigenvalue weighted by Crippen LogP contribution is 2.31. The first-order chi connectivity index (χ1) is 11.6. The molecule has 1 saturated heterocycles. The van der Waals surface area contributed by atoms with E-state index in [4.69, 9.17) is 4.74 Å². The fourth-order valence-corrected chi connectivity index (χ4v) is 3.28. The highest BCUT2D eigenvalue weighted by molar-refractivity contribution is 5.16. The first-order valence-electron chi connectivity index (χ1n) is 8.35. The second-order valence-electron chi connectivity index (χ2n) is 6.36. The average molecular weight is 333 g/mol. The SMILES string of the molecule is Cn1cc([C@H]2CCCN2C[C@H](O)COCc2ccccc2F)cn1. The summed E-state index contributed by atoms with van der Waals surface area (Å²) < 4.78 is 20.8. The summed E-state index contributed by atoms with van der Waals surface area (Å²) in [6.07, 6.45) is 5.53. The van der Waals surface area contributed by atoms with Gasteiger partial charge in [-0.2, -0.15) is 5.10 Å². The van der Waals surface area contributed by atoms with Gasteiger partial charge in [-0.15, -0.1) is 0 Å². The second-order valence-corrected chi connectivity index (χ2v) is 6.36. The lowest BCUT2D eigenvalue weighted by atomic mass is 10.1. The van der Waals surface area contributed by atoms with Gasteiger partial charge < -0.3 is 9.84 Å². The van der Waals surface area contributed by atoms with Gasteiger partial charge in [0.05, 0.1) is 25.5 Å². The summed E-state index contributed by atoms with van der Waals surface area (Å²) >= 11 is 0. The molecule has 1 aromatic heterocycles. The van der Waals surface area contributed by atoms with Crippen LogP contribution in [0.15, 0.2) is 36.7 Å². The maximum absolute atomic E-state index is 13.5. The number of aromatic nitrogens is 2. The molecule has 1 N–H and O–H groups in total. The summed E-state index contributed by atoms with van der Waals surface area (Å²) in [6.45, 7) is 1.89. The van der Waals surface area contributed by atoms with Crippen LogP contribution in [0.25, 0.3) is 0 Å². The predicted octanol–water partition coefficient (Wildman–Crippen LogP) is 2.27. The van der Waals surface area contributed by atoms with Crippen molar-refractivity contribution in [2.24, 2.45) is 7.05 Å². The molecule has 0 bridgehead atoms. The highest BCUT2D eigenvalue weighted by atomic mass is 19.1. The van der Waals surface area contributed by atoms with E-state index in [1.807, 2.05) is 19.4 Å². The molecule has 1 aliphatic heterocycles. The Kier molecular flexibility index (Phi) is 5.60. The molecule has 2 atom stereocenters. The Morgan fingerprint density at radius 1 is 1.42 bits per heavy atom. The minimum atomic E-state index is -0.589. The second kappa shape index (κ2) is 7.88. The van der Waals surface area contributed by atoms with Crippen molar-refractivity contribution >= 4 is 0 Å². The zero-order chi connectivity index (χ0) is 16.9. The Bertz CT molecular complexity index is 661. The molecule has 0 amide bonds. The fraction of sp³-hybridized carbons (Fsp3) is 0.500. The molecule has 1 aromatic carbocycles. The number of benzene rings is 1. The quantitative estimate of drug-likeness (QED) is 0.844. The summed E-state index contributed by atoms with van der Waals surface area (Å²) in [6, 6.07) is 6.85. The summed E-state index contributed by atoms with van der Waals surface area (Å²) in [5, 5.41) is 14.5. The molecule has 1 fully saturated rings. The number of aliphatic hydroxyl groups is 1. The molecular weight excluding hydrogens is 309 g/mol. The van der Waals surface area contributed by atoms with Crippen molar-refractivity contribution in [3.63, 3.8) is 0 Å². The van der Waals surface area contributed by atoms with Gasteiger partial charge >= 0.3 is 0 Å². The van der Waals surface area contributed by atoms with Crippen molar-refractivity contribution in [2.75, 3.05) is 19.7 Å². The number of hydrogen-bond donors (Lipinski definition) is 1. The van der Waals surface area contributed by atoms with Gasteiger partial charge in [0.1, 0.15) is 5.82 Å². The zero-order valence-electron chi connectivity index (χ0n) is 13.9. The first kappa shape index (κ1) is 17.1. The Morgan fingerprint density at radius 2 is 2.25 bits per heavy atom. The van der Waals surface area contributed by atoms with Gasteiger partial charge in [-0.05, 0) is 25.5 Å². The van der Waals surface area contributed by atoms with Gasteiger partial charge in [-0.1, -0.05) is 18.2 Å². The van der Waals surface area contributed by atoms with Gasteiger partial charge in [0.2, 0.25) is 0 Å². The Labute approximate surface area is 141 Å². The number of β-amino-alcohol motifs (C(OH)–C–C–N with tert-alkyl or cyclic N) is 1. The van der Waals surface area contributed by atoms with Crippen LogP contribution >= 0.6 is 0 Å². The molecule has 24 heavy (non-hydrogen) atoms. The van der Waals surface area contributed by atoms with E-state index in [1.54, 1.807) is 22.9 Å². The lowest BCUT2D eigenvalue weighted by Gasteiger charge is -2.26. The Balaban J connectivity index is 1.47. The van der Waals surface area contributed by atoms with E-state index < -0.39 is 6.10 Å². The maximum atomic E-state index is 13.5. The summed E-state index contributed by atoms with van der Waals surface area (Å²) in [5.74, 6) is -0.275. The van der Waals surface area contributed by atoms with Crippen LogP contribution in [0.2, 0.25) is 0 Å². The normalized spacial score (nSPS) is 19.7. The third kappa shape index (κ3) is 4.20. The van der Waals surface area contributed by atoms with Crippen molar-refractivity contribution in [1.29, 1.82) is 0 Å². The van der Waals surface area contributed by atoms with Crippen LogP contribution in [-0.2, 0) is 18.4 Å². The molecule has 0 radical (unpaired) electrons. The van der Waals surface area contributed by atoms with E-state index in [2.05, 4.69) is 10.00 Å². The van der Waals surface area contributed by atoms with E-state index in [-0.39, 0.29) is 19.0 Å². The van der Waals surface area contributed by atoms with Crippen LogP contribution in [0.3, 0.4) is 0 Å². The maximum Gasteiger partial charge on any atom is 0.128 e. The van der Waals surface area contributed by atoms with Crippen molar-refractivity contribution in [3.8, 4) is 0 Å². The van der Waals surface area contributed by atoms with Crippen LogP contribution in [0.1, 0.15) is 30.0 Å². The topological polar surface area (TPSA) is 50.5 Å². The monoisotopic (exact) mass is 333 g/mol. The van der Waals surface area contributed by atoms with Gasteiger partial charge in [-0.3, -0.25) is 9.58 Å². The number of halogens is 1. The number of aliphatic hydroxyl groups excluding tert-OH is 1. The standard InChI is InChI=1S/C18H24FN3O2/c1-21-10-15(9-20-21)18-7-4-8-22(18)11-16(23)13-24-12-14-5-2-3-6-17(14)19/h2-3,5-6,9-10,16,18,23H,4,7-8,11-13H2,1H3/t16-,18+/m0/s1. The number of ether oxygens (including phenoxy) is 1. The van der Waals surface area contributed by atoms with E-state index >= 15 is 0 Å². The largest absolute Gasteiger partial charge is 0.389 e. The molecule has 130 valence electrons. The van der Waals surface area contributed by atoms with Crippen LogP contribution in [0.4, 0.5) is 4.39 Å². The zero-order valence-corrected chi connectivity index (χ0v) is 13.9. The lowest BCUT2D eigenvalue weighted by molar-refractivity contribution is 0.00698. The minimum Gasteiger partial charge on any atom is -0.389 e. The van der Waals surface area contributed by atoms with Crippen LogP contribution in [0, 0.1) is 5.82 Å². The summed E-state index contributed by atoms with van der Waals surface area (Å²) in [7, 11) is 1.91. The Hall–Kier alpha value is -1.76. The average Bonchev–Trinajstić information content (AvgIpc) is 3.18. The highest BCUT2D eigenvalue weighted by Gasteiger charge is 2.28. The van der Waals surface area contributed by atoms with E-state index in [9.17, 15) is 9.50 Å². The van der Waals surface area contributed by atoms with Gasteiger partial charge in [0.25, 0.3) is 0 Å². The third-order valence-electron chi connectivity index (χ3n) is 4.44. The fourth-order valence-electron chi connectivity index (χ4n) is 3.28. The van der Waals surface area contributed by atoms with E-state index in [0.29, 0.717) is 18.2 Å². The predicted molar refractivity (Wildman–Crippen MR) is 88.8 cm³/mol. The molecule has 0 aliphatic carbocycles. The molecule has 6 heteroatoms. The van der Waals surface area contributed by atoms with Crippen molar-refractivity contribution in [2.45, 2.75) is 31.6 Å². The summed E-state index contributed by atoms with van der Waals surface area (Å²) in [4.78, 5) is 2.27. The molecule has 0 spiro atoms.